The van der Waals surface area contributed by atoms with E-state index >= 15 is 0 Å². The first-order chi connectivity index (χ1) is 12.6. The molecule has 1 aromatic heterocycles. The SMILES string of the molecule is Cc1onc(-c2ccccc2)c1NC(=O)NC(C)c1ccc(C=O)cc1. The second-order valence-corrected chi connectivity index (χ2v) is 5.93. The largest absolute Gasteiger partial charge is 0.359 e. The molecule has 0 saturated carbocycles. The van der Waals surface area contributed by atoms with Crippen LogP contribution >= 0.6 is 0 Å². The Bertz CT molecular complexity index is 902. The van der Waals surface area contributed by atoms with Gasteiger partial charge in [-0.15, -0.1) is 0 Å². The van der Waals surface area contributed by atoms with Crippen molar-refractivity contribution in [3.05, 3.63) is 71.5 Å². The van der Waals surface area contributed by atoms with E-state index in [1.807, 2.05) is 49.4 Å². The molecule has 0 bridgehead atoms. The lowest BCUT2D eigenvalue weighted by Gasteiger charge is -2.15. The summed E-state index contributed by atoms with van der Waals surface area (Å²) in [5.74, 6) is 0.530. The summed E-state index contributed by atoms with van der Waals surface area (Å²) in [5, 5.41) is 9.73. The van der Waals surface area contributed by atoms with Crippen molar-refractivity contribution in [1.29, 1.82) is 0 Å². The normalized spacial score (nSPS) is 11.6. The topological polar surface area (TPSA) is 84.2 Å². The Morgan fingerprint density at radius 1 is 1.12 bits per heavy atom. The van der Waals surface area contributed by atoms with Gasteiger partial charge in [0.05, 0.1) is 6.04 Å². The molecule has 0 radical (unpaired) electrons. The minimum Gasteiger partial charge on any atom is -0.359 e. The van der Waals surface area contributed by atoms with E-state index in [2.05, 4.69) is 15.8 Å². The Hall–Kier alpha value is -3.41. The maximum Gasteiger partial charge on any atom is 0.319 e. The van der Waals surface area contributed by atoms with Gasteiger partial charge in [-0.1, -0.05) is 59.8 Å². The van der Waals surface area contributed by atoms with Crippen LogP contribution in [0.1, 0.15) is 34.6 Å². The fourth-order valence-electron chi connectivity index (χ4n) is 2.61. The molecular weight excluding hydrogens is 330 g/mol. The Balaban J connectivity index is 1.72. The van der Waals surface area contributed by atoms with Crippen molar-refractivity contribution in [3.63, 3.8) is 0 Å². The molecule has 2 N–H and O–H groups in total. The average molecular weight is 349 g/mol. The number of nitrogens with one attached hydrogen (secondary N) is 2. The molecule has 2 amide bonds. The molecule has 1 atom stereocenters. The first kappa shape index (κ1) is 17.4. The van der Waals surface area contributed by atoms with E-state index in [4.69, 9.17) is 4.52 Å². The Labute approximate surface area is 151 Å². The van der Waals surface area contributed by atoms with Crippen LogP contribution in [0.5, 0.6) is 0 Å². The second kappa shape index (κ2) is 7.65. The van der Waals surface area contributed by atoms with Crippen molar-refractivity contribution in [2.75, 3.05) is 5.32 Å². The van der Waals surface area contributed by atoms with Gasteiger partial charge in [-0.05, 0) is 19.4 Å². The van der Waals surface area contributed by atoms with E-state index in [9.17, 15) is 9.59 Å². The van der Waals surface area contributed by atoms with E-state index in [1.165, 1.54) is 0 Å². The highest BCUT2D eigenvalue weighted by molar-refractivity contribution is 5.94. The zero-order valence-electron chi connectivity index (χ0n) is 14.5. The van der Waals surface area contributed by atoms with Crippen molar-refractivity contribution in [2.24, 2.45) is 0 Å². The van der Waals surface area contributed by atoms with Gasteiger partial charge in [0.25, 0.3) is 0 Å². The lowest BCUT2D eigenvalue weighted by atomic mass is 10.1. The van der Waals surface area contributed by atoms with Gasteiger partial charge < -0.3 is 15.2 Å². The second-order valence-electron chi connectivity index (χ2n) is 5.93. The number of hydrogen-bond acceptors (Lipinski definition) is 4. The number of anilines is 1. The molecular formula is C20H19N3O3. The summed E-state index contributed by atoms with van der Waals surface area (Å²) >= 11 is 0. The minimum absolute atomic E-state index is 0.226. The number of amides is 2. The maximum atomic E-state index is 12.4. The fraction of sp³-hybridized carbons (Fsp3) is 0.150. The van der Waals surface area contributed by atoms with Gasteiger partial charge >= 0.3 is 6.03 Å². The summed E-state index contributed by atoms with van der Waals surface area (Å²) in [4.78, 5) is 23.1. The number of nitrogens with zero attached hydrogens (tertiary/aromatic N) is 1. The van der Waals surface area contributed by atoms with Crippen LogP contribution in [0.25, 0.3) is 11.3 Å². The number of aromatic nitrogens is 1. The fourth-order valence-corrected chi connectivity index (χ4v) is 2.61. The molecule has 2 aromatic carbocycles. The van der Waals surface area contributed by atoms with Gasteiger partial charge in [0.2, 0.25) is 0 Å². The van der Waals surface area contributed by atoms with Crippen LogP contribution in [0.15, 0.2) is 59.1 Å². The average Bonchev–Trinajstić information content (AvgIpc) is 3.03. The number of benzene rings is 2. The molecule has 26 heavy (non-hydrogen) atoms. The summed E-state index contributed by atoms with van der Waals surface area (Å²) in [6, 6.07) is 16.0. The third kappa shape index (κ3) is 3.80. The van der Waals surface area contributed by atoms with Crippen LogP contribution in [-0.4, -0.2) is 17.5 Å². The summed E-state index contributed by atoms with van der Waals surface area (Å²) < 4.78 is 5.24. The van der Waals surface area contributed by atoms with Gasteiger partial charge in [-0.2, -0.15) is 0 Å². The molecule has 3 aromatic rings. The Morgan fingerprint density at radius 3 is 2.46 bits per heavy atom. The molecule has 6 nitrogen and oxygen atoms in total. The number of carbonyl (C=O) groups excluding carboxylic acids is 2. The number of carbonyl (C=O) groups is 2. The van der Waals surface area contributed by atoms with E-state index in [0.717, 1.165) is 17.4 Å². The lowest BCUT2D eigenvalue weighted by Crippen LogP contribution is -2.31. The molecule has 3 rings (SSSR count). The molecule has 0 aliphatic rings. The molecule has 0 fully saturated rings. The molecule has 0 aliphatic heterocycles. The van der Waals surface area contributed by atoms with Crippen molar-refractivity contribution in [2.45, 2.75) is 19.9 Å². The standard InChI is InChI=1S/C20H19N3O3/c1-13(16-10-8-15(12-24)9-11-16)21-20(25)22-18-14(2)26-23-19(18)17-6-4-3-5-7-17/h3-13H,1-2H3,(H2,21,22,25). The summed E-state index contributed by atoms with van der Waals surface area (Å²) in [5.41, 5.74) is 3.48. The van der Waals surface area contributed by atoms with Gasteiger partial charge in [-0.3, -0.25) is 4.79 Å². The molecule has 1 unspecified atom stereocenters. The maximum absolute atomic E-state index is 12.4. The van der Waals surface area contributed by atoms with Crippen LogP contribution in [0.4, 0.5) is 10.5 Å². The van der Waals surface area contributed by atoms with Crippen LogP contribution in [0.3, 0.4) is 0 Å². The number of hydrogen-bond donors (Lipinski definition) is 2. The molecule has 0 spiro atoms. The predicted molar refractivity (Wildman–Crippen MR) is 99.1 cm³/mol. The predicted octanol–water partition coefficient (Wildman–Crippen LogP) is 4.35. The highest BCUT2D eigenvalue weighted by Crippen LogP contribution is 2.29. The first-order valence-corrected chi connectivity index (χ1v) is 8.23. The van der Waals surface area contributed by atoms with Crippen LogP contribution in [0.2, 0.25) is 0 Å². The van der Waals surface area contributed by atoms with Crippen LogP contribution < -0.4 is 10.6 Å². The third-order valence-electron chi connectivity index (χ3n) is 4.07. The number of aldehydes is 1. The van der Waals surface area contributed by atoms with Gasteiger partial charge in [0.15, 0.2) is 5.76 Å². The molecule has 0 saturated heterocycles. The monoisotopic (exact) mass is 349 g/mol. The summed E-state index contributed by atoms with van der Waals surface area (Å²) in [6.45, 7) is 3.62. The Morgan fingerprint density at radius 2 is 1.81 bits per heavy atom. The molecule has 6 heteroatoms. The van der Waals surface area contributed by atoms with E-state index in [-0.39, 0.29) is 12.1 Å². The van der Waals surface area contributed by atoms with Gasteiger partial charge in [0.1, 0.15) is 17.7 Å². The number of aryl methyl sites for hydroxylation is 1. The van der Waals surface area contributed by atoms with Gasteiger partial charge in [0, 0.05) is 11.1 Å². The lowest BCUT2D eigenvalue weighted by molar-refractivity contribution is 0.112. The van der Waals surface area contributed by atoms with Gasteiger partial charge in [-0.25, -0.2) is 4.79 Å². The van der Waals surface area contributed by atoms with E-state index < -0.39 is 0 Å². The first-order valence-electron chi connectivity index (χ1n) is 8.23. The number of rotatable bonds is 5. The minimum atomic E-state index is -0.361. The molecule has 132 valence electrons. The highest BCUT2D eigenvalue weighted by Gasteiger charge is 2.18. The van der Waals surface area contributed by atoms with Crippen molar-refractivity contribution in [1.82, 2.24) is 10.5 Å². The van der Waals surface area contributed by atoms with E-state index in [0.29, 0.717) is 22.7 Å². The molecule has 1 heterocycles. The number of urea groups is 1. The third-order valence-corrected chi connectivity index (χ3v) is 4.07. The summed E-state index contributed by atoms with van der Waals surface area (Å²) in [7, 11) is 0. The highest BCUT2D eigenvalue weighted by atomic mass is 16.5. The van der Waals surface area contributed by atoms with Crippen molar-refractivity contribution < 1.29 is 14.1 Å². The van der Waals surface area contributed by atoms with Crippen molar-refractivity contribution >= 4 is 18.0 Å². The van der Waals surface area contributed by atoms with E-state index in [1.54, 1.807) is 19.1 Å². The zero-order chi connectivity index (χ0) is 18.5. The quantitative estimate of drug-likeness (QED) is 0.671. The van der Waals surface area contributed by atoms with Crippen molar-refractivity contribution in [3.8, 4) is 11.3 Å². The zero-order valence-corrected chi connectivity index (χ0v) is 14.5. The summed E-state index contributed by atoms with van der Waals surface area (Å²) in [6.07, 6.45) is 0.786. The van der Waals surface area contributed by atoms with Crippen LogP contribution in [-0.2, 0) is 0 Å². The van der Waals surface area contributed by atoms with Crippen LogP contribution in [0, 0.1) is 6.92 Å². The molecule has 0 aliphatic carbocycles. The Kier molecular flexibility index (Phi) is 5.12. The smallest absolute Gasteiger partial charge is 0.319 e.